The van der Waals surface area contributed by atoms with Crippen LogP contribution in [0.15, 0.2) is 60.8 Å². The molecule has 0 aliphatic carbocycles. The first kappa shape index (κ1) is 14.3. The topological polar surface area (TPSA) is 42.0 Å². The Hall–Kier alpha value is -2.68. The summed E-state index contributed by atoms with van der Waals surface area (Å²) in [7, 11) is 0. The van der Waals surface area contributed by atoms with E-state index >= 15 is 0 Å². The van der Waals surface area contributed by atoms with Gasteiger partial charge < -0.3 is 5.32 Å². The van der Waals surface area contributed by atoms with Crippen molar-refractivity contribution < 1.29 is 4.79 Å². The van der Waals surface area contributed by atoms with E-state index in [1.54, 1.807) is 18.3 Å². The van der Waals surface area contributed by atoms with E-state index in [0.717, 1.165) is 16.5 Å². The number of pyridine rings is 1. The Morgan fingerprint density at radius 1 is 1.00 bits per heavy atom. The van der Waals surface area contributed by atoms with Crippen molar-refractivity contribution in [2.75, 3.05) is 5.32 Å². The van der Waals surface area contributed by atoms with Gasteiger partial charge in [0, 0.05) is 17.3 Å². The van der Waals surface area contributed by atoms with Crippen molar-refractivity contribution in [3.05, 3.63) is 72.1 Å². The summed E-state index contributed by atoms with van der Waals surface area (Å²) < 4.78 is 0. The van der Waals surface area contributed by atoms with Crippen molar-refractivity contribution in [3.63, 3.8) is 0 Å². The van der Waals surface area contributed by atoms with E-state index in [0.29, 0.717) is 11.6 Å². The number of carbonyl (C=O) groups is 1. The molecule has 3 rings (SSSR count). The molecule has 22 heavy (non-hydrogen) atoms. The fraction of sp³-hybridized carbons (Fsp3) is 0.158. The van der Waals surface area contributed by atoms with E-state index in [9.17, 15) is 4.79 Å². The number of rotatable bonds is 3. The summed E-state index contributed by atoms with van der Waals surface area (Å²) in [6.07, 6.45) is 1.62. The molecule has 3 nitrogen and oxygen atoms in total. The van der Waals surface area contributed by atoms with Gasteiger partial charge in [0.1, 0.15) is 5.69 Å². The first-order valence-electron chi connectivity index (χ1n) is 7.41. The lowest BCUT2D eigenvalue weighted by Gasteiger charge is -2.14. The molecule has 3 heteroatoms. The molecule has 1 N–H and O–H groups in total. The monoisotopic (exact) mass is 290 g/mol. The van der Waals surface area contributed by atoms with Crippen molar-refractivity contribution in [1.82, 2.24) is 4.98 Å². The molecule has 3 aromatic rings. The van der Waals surface area contributed by atoms with Gasteiger partial charge in [-0.15, -0.1) is 0 Å². The molecule has 0 aliphatic heterocycles. The van der Waals surface area contributed by atoms with Gasteiger partial charge in [-0.05, 0) is 35.1 Å². The van der Waals surface area contributed by atoms with Gasteiger partial charge in [-0.25, -0.2) is 0 Å². The minimum absolute atomic E-state index is 0.188. The van der Waals surface area contributed by atoms with Crippen LogP contribution in [-0.2, 0) is 0 Å². The molecule has 1 aromatic heterocycles. The predicted molar refractivity (Wildman–Crippen MR) is 90.2 cm³/mol. The van der Waals surface area contributed by atoms with Crippen LogP contribution in [0.4, 0.5) is 5.69 Å². The Labute approximate surface area is 130 Å². The molecule has 1 heterocycles. The summed E-state index contributed by atoms with van der Waals surface area (Å²) in [5.74, 6) is 0.197. The normalized spacial score (nSPS) is 10.9. The SMILES string of the molecule is CC(C)c1cccc2cccc(NC(=O)c3ccccn3)c12. The van der Waals surface area contributed by atoms with Gasteiger partial charge in [0.15, 0.2) is 0 Å². The largest absolute Gasteiger partial charge is 0.320 e. The molecule has 0 bridgehead atoms. The number of benzene rings is 2. The van der Waals surface area contributed by atoms with E-state index in [1.807, 2.05) is 18.2 Å². The molecule has 0 saturated heterocycles. The van der Waals surface area contributed by atoms with Crippen molar-refractivity contribution in [2.45, 2.75) is 19.8 Å². The Bertz CT molecular complexity index is 805. The predicted octanol–water partition coefficient (Wildman–Crippen LogP) is 4.61. The second-order valence-electron chi connectivity index (χ2n) is 5.57. The average Bonchev–Trinajstić information content (AvgIpc) is 2.55. The lowest BCUT2D eigenvalue weighted by Crippen LogP contribution is -2.14. The zero-order chi connectivity index (χ0) is 15.5. The van der Waals surface area contributed by atoms with Crippen molar-refractivity contribution >= 4 is 22.4 Å². The summed E-state index contributed by atoms with van der Waals surface area (Å²) in [5.41, 5.74) is 2.48. The van der Waals surface area contributed by atoms with Gasteiger partial charge in [-0.3, -0.25) is 9.78 Å². The summed E-state index contributed by atoms with van der Waals surface area (Å²) in [4.78, 5) is 16.5. The maximum Gasteiger partial charge on any atom is 0.274 e. The van der Waals surface area contributed by atoms with E-state index in [4.69, 9.17) is 0 Å². The quantitative estimate of drug-likeness (QED) is 0.765. The van der Waals surface area contributed by atoms with Crippen LogP contribution in [0.1, 0.15) is 35.8 Å². The van der Waals surface area contributed by atoms with Crippen molar-refractivity contribution in [2.24, 2.45) is 0 Å². The summed E-state index contributed by atoms with van der Waals surface area (Å²) in [5, 5.41) is 5.23. The number of aromatic nitrogens is 1. The van der Waals surface area contributed by atoms with Crippen LogP contribution in [0.5, 0.6) is 0 Å². The zero-order valence-corrected chi connectivity index (χ0v) is 12.7. The number of hydrogen-bond acceptors (Lipinski definition) is 2. The Morgan fingerprint density at radius 2 is 1.77 bits per heavy atom. The maximum absolute atomic E-state index is 12.4. The lowest BCUT2D eigenvalue weighted by molar-refractivity contribution is 0.102. The third-order valence-electron chi connectivity index (χ3n) is 3.70. The molecule has 0 atom stereocenters. The standard InChI is InChI=1S/C19H18N2O/c1-13(2)15-9-5-7-14-8-6-11-16(18(14)15)21-19(22)17-10-3-4-12-20-17/h3-13H,1-2H3,(H,21,22). The third-order valence-corrected chi connectivity index (χ3v) is 3.70. The number of hydrogen-bond donors (Lipinski definition) is 1. The molecule has 0 aliphatic rings. The lowest BCUT2D eigenvalue weighted by atomic mass is 9.95. The first-order chi connectivity index (χ1) is 10.7. The highest BCUT2D eigenvalue weighted by atomic mass is 16.1. The number of nitrogens with one attached hydrogen (secondary N) is 1. The molecular weight excluding hydrogens is 272 g/mol. The van der Waals surface area contributed by atoms with Gasteiger partial charge >= 0.3 is 0 Å². The van der Waals surface area contributed by atoms with Crippen LogP contribution in [0.3, 0.4) is 0 Å². The molecule has 0 radical (unpaired) electrons. The van der Waals surface area contributed by atoms with Gasteiger partial charge in [0.05, 0.1) is 0 Å². The van der Waals surface area contributed by atoms with Crippen LogP contribution in [0.25, 0.3) is 10.8 Å². The minimum atomic E-state index is -0.188. The van der Waals surface area contributed by atoms with Gasteiger partial charge in [0.2, 0.25) is 0 Å². The number of amides is 1. The molecule has 2 aromatic carbocycles. The summed E-state index contributed by atoms with van der Waals surface area (Å²) >= 11 is 0. The van der Waals surface area contributed by atoms with Crippen LogP contribution >= 0.6 is 0 Å². The molecule has 0 unspecified atom stereocenters. The van der Waals surface area contributed by atoms with Crippen LogP contribution in [0, 0.1) is 0 Å². The third kappa shape index (κ3) is 2.70. The Balaban J connectivity index is 2.06. The zero-order valence-electron chi connectivity index (χ0n) is 12.7. The molecule has 1 amide bonds. The van der Waals surface area contributed by atoms with Gasteiger partial charge in [-0.1, -0.05) is 50.2 Å². The number of anilines is 1. The Kier molecular flexibility index (Phi) is 3.88. The minimum Gasteiger partial charge on any atom is -0.320 e. The number of fused-ring (bicyclic) bond motifs is 1. The summed E-state index contributed by atoms with van der Waals surface area (Å²) in [6.45, 7) is 4.32. The molecular formula is C19H18N2O. The van der Waals surface area contributed by atoms with E-state index < -0.39 is 0 Å². The molecule has 110 valence electrons. The van der Waals surface area contributed by atoms with Crippen molar-refractivity contribution in [3.8, 4) is 0 Å². The van der Waals surface area contributed by atoms with Crippen molar-refractivity contribution in [1.29, 1.82) is 0 Å². The molecule has 0 saturated carbocycles. The van der Waals surface area contributed by atoms with E-state index in [-0.39, 0.29) is 5.91 Å². The second kappa shape index (κ2) is 5.98. The molecule has 0 spiro atoms. The van der Waals surface area contributed by atoms with Gasteiger partial charge in [-0.2, -0.15) is 0 Å². The van der Waals surface area contributed by atoms with Gasteiger partial charge in [0.25, 0.3) is 5.91 Å². The van der Waals surface area contributed by atoms with E-state index in [2.05, 4.69) is 48.4 Å². The smallest absolute Gasteiger partial charge is 0.274 e. The fourth-order valence-corrected chi connectivity index (χ4v) is 2.64. The first-order valence-corrected chi connectivity index (χ1v) is 7.41. The fourth-order valence-electron chi connectivity index (χ4n) is 2.64. The highest BCUT2D eigenvalue weighted by Crippen LogP contribution is 2.31. The van der Waals surface area contributed by atoms with Crippen LogP contribution in [-0.4, -0.2) is 10.9 Å². The summed E-state index contributed by atoms with van der Waals surface area (Å²) in [6, 6.07) is 17.5. The Morgan fingerprint density at radius 3 is 2.45 bits per heavy atom. The highest BCUT2D eigenvalue weighted by Gasteiger charge is 2.12. The van der Waals surface area contributed by atoms with Crippen LogP contribution in [0.2, 0.25) is 0 Å². The number of carbonyl (C=O) groups excluding carboxylic acids is 1. The molecule has 0 fully saturated rings. The maximum atomic E-state index is 12.4. The average molecular weight is 290 g/mol. The highest BCUT2D eigenvalue weighted by molar-refractivity contribution is 6.09. The second-order valence-corrected chi connectivity index (χ2v) is 5.57. The van der Waals surface area contributed by atoms with Crippen LogP contribution < -0.4 is 5.32 Å². The van der Waals surface area contributed by atoms with E-state index in [1.165, 1.54) is 5.56 Å². The number of nitrogens with zero attached hydrogens (tertiary/aromatic N) is 1.